The Morgan fingerprint density at radius 1 is 0.973 bits per heavy atom. The molecule has 14 heteroatoms. The fourth-order valence-corrected chi connectivity index (χ4v) is 3.70. The van der Waals surface area contributed by atoms with E-state index in [4.69, 9.17) is 16.6 Å². The zero-order valence-electron chi connectivity index (χ0n) is 19.7. The van der Waals surface area contributed by atoms with E-state index in [1.807, 2.05) is 24.3 Å². The number of hydrogen-bond acceptors (Lipinski definition) is 7. The van der Waals surface area contributed by atoms with Gasteiger partial charge in [0.15, 0.2) is 0 Å². The number of carbonyl (C=O) groups excluding carboxylic acids is 4. The molecule has 3 unspecified atom stereocenters. The Morgan fingerprint density at radius 3 is 2.38 bits per heavy atom. The quantitative estimate of drug-likeness (QED) is 0.128. The molecule has 0 fully saturated rings. The van der Waals surface area contributed by atoms with Gasteiger partial charge in [0.25, 0.3) is 0 Å². The van der Waals surface area contributed by atoms with E-state index < -0.39 is 60.7 Å². The lowest BCUT2D eigenvalue weighted by molar-refractivity contribution is -0.138. The van der Waals surface area contributed by atoms with E-state index in [1.54, 1.807) is 6.20 Å². The van der Waals surface area contributed by atoms with E-state index in [0.717, 1.165) is 16.5 Å². The molecule has 14 nitrogen and oxygen atoms in total. The van der Waals surface area contributed by atoms with Crippen molar-refractivity contribution in [2.45, 2.75) is 37.4 Å². The summed E-state index contributed by atoms with van der Waals surface area (Å²) in [6.45, 7) is -0.668. The van der Waals surface area contributed by atoms with Crippen molar-refractivity contribution in [3.63, 3.8) is 0 Å². The highest BCUT2D eigenvalue weighted by Gasteiger charge is 2.30. The van der Waals surface area contributed by atoms with Crippen LogP contribution in [0.2, 0.25) is 0 Å². The van der Waals surface area contributed by atoms with Crippen LogP contribution >= 0.6 is 0 Å². The highest BCUT2D eigenvalue weighted by Crippen LogP contribution is 2.18. The maximum absolute atomic E-state index is 13.0. The number of hydrogen-bond donors (Lipinski definition) is 8. The normalized spacial score (nSPS) is 13.3. The SMILES string of the molecule is NC(=O)CC(NC(=O)C(N)Cc1c[nH]c2ccccc12)C(=O)NC(Cc1cnc[nH]1)C(=O)NCC(=O)O. The maximum Gasteiger partial charge on any atom is 0.322 e. The number of fused-ring (bicyclic) bond motifs is 1. The van der Waals surface area contributed by atoms with Crippen molar-refractivity contribution < 1.29 is 29.1 Å². The maximum atomic E-state index is 13.0. The predicted molar refractivity (Wildman–Crippen MR) is 131 cm³/mol. The number of para-hydroxylation sites is 1. The third-order valence-electron chi connectivity index (χ3n) is 5.52. The first kappa shape index (κ1) is 26.9. The van der Waals surface area contributed by atoms with Gasteiger partial charge in [-0.1, -0.05) is 18.2 Å². The molecule has 3 rings (SSSR count). The second kappa shape index (κ2) is 12.3. The van der Waals surface area contributed by atoms with E-state index in [0.29, 0.717) is 5.69 Å². The molecule has 0 aliphatic heterocycles. The highest BCUT2D eigenvalue weighted by molar-refractivity contribution is 5.96. The number of amides is 4. The van der Waals surface area contributed by atoms with E-state index in [1.165, 1.54) is 12.5 Å². The number of carbonyl (C=O) groups is 5. The van der Waals surface area contributed by atoms with Gasteiger partial charge in [-0.25, -0.2) is 4.98 Å². The van der Waals surface area contributed by atoms with Crippen LogP contribution in [0, 0.1) is 0 Å². The van der Waals surface area contributed by atoms with E-state index >= 15 is 0 Å². The summed E-state index contributed by atoms with van der Waals surface area (Å²) in [5.41, 5.74) is 13.5. The summed E-state index contributed by atoms with van der Waals surface area (Å²) in [4.78, 5) is 70.5. The van der Waals surface area contributed by atoms with Crippen LogP contribution in [-0.4, -0.2) is 74.3 Å². The molecular formula is C23H28N8O6. The molecular weight excluding hydrogens is 484 g/mol. The predicted octanol–water partition coefficient (Wildman–Crippen LogP) is -1.95. The molecule has 10 N–H and O–H groups in total. The minimum atomic E-state index is -1.42. The van der Waals surface area contributed by atoms with Gasteiger partial charge in [-0.15, -0.1) is 0 Å². The molecule has 1 aromatic carbocycles. The van der Waals surface area contributed by atoms with Crippen LogP contribution in [0.25, 0.3) is 10.9 Å². The number of benzene rings is 1. The summed E-state index contributed by atoms with van der Waals surface area (Å²) >= 11 is 0. The monoisotopic (exact) mass is 512 g/mol. The Kier molecular flexibility index (Phi) is 8.94. The number of carboxylic acids is 1. The summed E-state index contributed by atoms with van der Waals surface area (Å²) < 4.78 is 0. The average molecular weight is 513 g/mol. The lowest BCUT2D eigenvalue weighted by Gasteiger charge is -2.23. The van der Waals surface area contributed by atoms with Crippen molar-refractivity contribution in [3.8, 4) is 0 Å². The molecule has 0 bridgehead atoms. The molecule has 0 saturated heterocycles. The van der Waals surface area contributed by atoms with Crippen molar-refractivity contribution >= 4 is 40.5 Å². The van der Waals surface area contributed by atoms with Crippen LogP contribution in [0.1, 0.15) is 17.7 Å². The molecule has 0 radical (unpaired) electrons. The van der Waals surface area contributed by atoms with Crippen LogP contribution < -0.4 is 27.4 Å². The number of imidazole rings is 1. The lowest BCUT2D eigenvalue weighted by atomic mass is 10.0. The lowest BCUT2D eigenvalue weighted by Crippen LogP contribution is -2.57. The molecule has 3 aromatic rings. The first-order valence-corrected chi connectivity index (χ1v) is 11.3. The van der Waals surface area contributed by atoms with Gasteiger partial charge in [0.05, 0.1) is 18.8 Å². The zero-order chi connectivity index (χ0) is 26.9. The molecule has 4 amide bonds. The van der Waals surface area contributed by atoms with Crippen molar-refractivity contribution in [1.29, 1.82) is 0 Å². The van der Waals surface area contributed by atoms with Crippen molar-refractivity contribution in [3.05, 3.63) is 54.2 Å². The topological polar surface area (TPSA) is 238 Å². The Balaban J connectivity index is 1.69. The molecule has 0 aliphatic rings. The van der Waals surface area contributed by atoms with Crippen LogP contribution in [0.15, 0.2) is 43.0 Å². The van der Waals surface area contributed by atoms with Gasteiger partial charge in [0.2, 0.25) is 23.6 Å². The summed E-state index contributed by atoms with van der Waals surface area (Å²) in [6.07, 6.45) is 4.08. The van der Waals surface area contributed by atoms with Crippen LogP contribution in [0.4, 0.5) is 0 Å². The number of rotatable bonds is 13. The Labute approximate surface area is 210 Å². The highest BCUT2D eigenvalue weighted by atomic mass is 16.4. The van der Waals surface area contributed by atoms with Gasteiger partial charge in [0.1, 0.15) is 18.6 Å². The van der Waals surface area contributed by atoms with E-state index in [2.05, 4.69) is 30.9 Å². The molecule has 0 saturated carbocycles. The van der Waals surface area contributed by atoms with Crippen molar-refractivity contribution in [2.24, 2.45) is 11.5 Å². The fourth-order valence-electron chi connectivity index (χ4n) is 3.70. The number of nitrogens with one attached hydrogen (secondary N) is 5. The molecule has 0 spiro atoms. The first-order chi connectivity index (χ1) is 17.6. The number of H-pyrrole nitrogens is 2. The molecule has 0 aliphatic carbocycles. The van der Waals surface area contributed by atoms with Gasteiger partial charge in [0, 0.05) is 35.4 Å². The number of aliphatic carboxylic acids is 1. The van der Waals surface area contributed by atoms with Gasteiger partial charge < -0.3 is 42.5 Å². The largest absolute Gasteiger partial charge is 0.480 e. The molecule has 37 heavy (non-hydrogen) atoms. The van der Waals surface area contributed by atoms with Gasteiger partial charge >= 0.3 is 5.97 Å². The van der Waals surface area contributed by atoms with E-state index in [9.17, 15) is 24.0 Å². The third kappa shape index (κ3) is 7.63. The standard InChI is InChI=1S/C23H28N8O6/c24-15(5-12-8-27-16-4-2-1-3-14(12)16)21(35)30-18(7-19(25)32)23(37)31-17(6-13-9-26-11-29-13)22(36)28-10-20(33)34/h1-4,8-9,11,15,17-18,27H,5-7,10,24H2,(H2,25,32)(H,26,29)(H,28,36)(H,30,35)(H,31,37)(H,33,34). The van der Waals surface area contributed by atoms with Gasteiger partial charge in [-0.2, -0.15) is 0 Å². The minimum absolute atomic E-state index is 0.0610. The third-order valence-corrected chi connectivity index (χ3v) is 5.52. The number of nitrogens with two attached hydrogens (primary N) is 2. The Morgan fingerprint density at radius 2 is 1.70 bits per heavy atom. The number of primary amides is 1. The van der Waals surface area contributed by atoms with Crippen molar-refractivity contribution in [1.82, 2.24) is 30.9 Å². The fraction of sp³-hybridized carbons (Fsp3) is 0.304. The molecule has 2 heterocycles. The van der Waals surface area contributed by atoms with Crippen LogP contribution in [0.5, 0.6) is 0 Å². The second-order valence-corrected chi connectivity index (χ2v) is 8.36. The first-order valence-electron chi connectivity index (χ1n) is 11.3. The molecule has 196 valence electrons. The van der Waals surface area contributed by atoms with Gasteiger partial charge in [-0.05, 0) is 18.1 Å². The minimum Gasteiger partial charge on any atom is -0.480 e. The summed E-state index contributed by atoms with van der Waals surface area (Å²) in [6, 6.07) is 3.76. The summed E-state index contributed by atoms with van der Waals surface area (Å²) in [5.74, 6) is -4.51. The second-order valence-electron chi connectivity index (χ2n) is 8.36. The molecule has 3 atom stereocenters. The average Bonchev–Trinajstić information content (AvgIpc) is 3.51. The number of nitrogens with zero attached hydrogens (tertiary/aromatic N) is 1. The van der Waals surface area contributed by atoms with Crippen LogP contribution in [0.3, 0.4) is 0 Å². The summed E-state index contributed by atoms with van der Waals surface area (Å²) in [7, 11) is 0. The van der Waals surface area contributed by atoms with Gasteiger partial charge in [-0.3, -0.25) is 24.0 Å². The smallest absolute Gasteiger partial charge is 0.322 e. The summed E-state index contributed by atoms with van der Waals surface area (Å²) in [5, 5.41) is 16.8. The van der Waals surface area contributed by atoms with Crippen LogP contribution in [-0.2, 0) is 36.8 Å². The number of aromatic amines is 2. The Bertz CT molecular complexity index is 1270. The van der Waals surface area contributed by atoms with E-state index in [-0.39, 0.29) is 12.8 Å². The zero-order valence-corrected chi connectivity index (χ0v) is 19.7. The molecule has 2 aromatic heterocycles. The Hall–Kier alpha value is -4.72. The number of aromatic nitrogens is 3. The number of carboxylic acid groups (broad SMARTS) is 1. The van der Waals surface area contributed by atoms with Crippen molar-refractivity contribution in [2.75, 3.05) is 6.54 Å².